The molecule has 1 fully saturated rings. The van der Waals surface area contributed by atoms with Gasteiger partial charge in [-0.1, -0.05) is 43.3 Å². The molecule has 0 aromatic heterocycles. The molecule has 1 aliphatic rings. The second-order valence-corrected chi connectivity index (χ2v) is 7.55. The van der Waals surface area contributed by atoms with Crippen molar-refractivity contribution in [2.45, 2.75) is 19.8 Å². The molecule has 3 rings (SSSR count). The molecule has 2 aromatic rings. The number of carboxylic acid groups (broad SMARTS) is 1. The highest BCUT2D eigenvalue weighted by Crippen LogP contribution is 2.24. The number of carbonyl (C=O) groups excluding carboxylic acids is 2. The molecule has 6 heteroatoms. The second kappa shape index (κ2) is 8.42. The minimum Gasteiger partial charge on any atom is -0.481 e. The van der Waals surface area contributed by atoms with Crippen LogP contribution in [0.5, 0.6) is 0 Å². The number of likely N-dealkylation sites (tertiary alicyclic amines) is 1. The molecule has 0 saturated carbocycles. The summed E-state index contributed by atoms with van der Waals surface area (Å²) >= 11 is 0. The molecule has 0 radical (unpaired) electrons. The van der Waals surface area contributed by atoms with Crippen molar-refractivity contribution in [2.75, 3.05) is 26.7 Å². The van der Waals surface area contributed by atoms with E-state index in [9.17, 15) is 14.4 Å². The van der Waals surface area contributed by atoms with Crippen LogP contribution in [0.3, 0.4) is 0 Å². The largest absolute Gasteiger partial charge is 0.481 e. The molecule has 6 nitrogen and oxygen atoms in total. The van der Waals surface area contributed by atoms with Crippen LogP contribution in [0.4, 0.5) is 0 Å². The zero-order chi connectivity index (χ0) is 20.3. The summed E-state index contributed by atoms with van der Waals surface area (Å²) in [7, 11) is 1.65. The predicted molar refractivity (Wildman–Crippen MR) is 107 cm³/mol. The molecule has 1 N–H and O–H groups in total. The molecule has 2 aromatic carbocycles. The molecule has 0 bridgehead atoms. The van der Waals surface area contributed by atoms with Gasteiger partial charge in [0.25, 0.3) is 5.91 Å². The van der Waals surface area contributed by atoms with Crippen LogP contribution >= 0.6 is 0 Å². The van der Waals surface area contributed by atoms with Crippen LogP contribution in [-0.4, -0.2) is 59.4 Å². The van der Waals surface area contributed by atoms with Crippen LogP contribution < -0.4 is 0 Å². The molecular weight excluding hydrogens is 356 g/mol. The van der Waals surface area contributed by atoms with Crippen LogP contribution in [0.25, 0.3) is 10.8 Å². The normalized spacial score (nSPS) is 16.0. The van der Waals surface area contributed by atoms with Crippen molar-refractivity contribution in [2.24, 2.45) is 11.8 Å². The first-order valence-corrected chi connectivity index (χ1v) is 9.63. The molecule has 1 saturated heterocycles. The van der Waals surface area contributed by atoms with Gasteiger partial charge in [0.15, 0.2) is 0 Å². The van der Waals surface area contributed by atoms with Crippen LogP contribution in [0.15, 0.2) is 42.5 Å². The quantitative estimate of drug-likeness (QED) is 0.863. The fraction of sp³-hybridized carbons (Fsp3) is 0.409. The lowest BCUT2D eigenvalue weighted by atomic mass is 9.94. The van der Waals surface area contributed by atoms with Gasteiger partial charge in [0.1, 0.15) is 0 Å². The van der Waals surface area contributed by atoms with Gasteiger partial charge in [0, 0.05) is 38.2 Å². The number of amides is 2. The summed E-state index contributed by atoms with van der Waals surface area (Å²) in [5, 5.41) is 11.0. The lowest BCUT2D eigenvalue weighted by Crippen LogP contribution is -2.44. The number of rotatable bonds is 5. The average Bonchev–Trinajstić information content (AvgIpc) is 2.72. The molecule has 1 unspecified atom stereocenters. The Morgan fingerprint density at radius 3 is 2.43 bits per heavy atom. The second-order valence-electron chi connectivity index (χ2n) is 7.55. The zero-order valence-corrected chi connectivity index (χ0v) is 16.3. The average molecular weight is 382 g/mol. The topological polar surface area (TPSA) is 77.9 Å². The van der Waals surface area contributed by atoms with Gasteiger partial charge in [0.2, 0.25) is 5.91 Å². The molecule has 0 spiro atoms. The van der Waals surface area contributed by atoms with Crippen molar-refractivity contribution in [1.29, 1.82) is 0 Å². The number of carbonyl (C=O) groups is 3. The van der Waals surface area contributed by atoms with Crippen LogP contribution in [0, 0.1) is 11.8 Å². The lowest BCUT2D eigenvalue weighted by Gasteiger charge is -2.33. The third kappa shape index (κ3) is 4.16. The molecule has 1 atom stereocenters. The maximum absolute atomic E-state index is 13.0. The highest BCUT2D eigenvalue weighted by molar-refractivity contribution is 6.07. The van der Waals surface area contributed by atoms with Crippen molar-refractivity contribution < 1.29 is 19.5 Å². The summed E-state index contributed by atoms with van der Waals surface area (Å²) in [6, 6.07) is 13.6. The summed E-state index contributed by atoms with van der Waals surface area (Å²) in [4.78, 5) is 39.9. The number of carboxylic acids is 1. The number of aliphatic carboxylic acids is 1. The fourth-order valence-corrected chi connectivity index (χ4v) is 3.80. The summed E-state index contributed by atoms with van der Waals surface area (Å²) < 4.78 is 0. The number of hydrogen-bond donors (Lipinski definition) is 1. The Morgan fingerprint density at radius 1 is 1.11 bits per heavy atom. The SMILES string of the molecule is CC(CN(C)C(=O)C1CCN(C(=O)c2cccc3ccccc23)CC1)C(=O)O. The molecule has 1 heterocycles. The van der Waals surface area contributed by atoms with E-state index in [1.807, 2.05) is 47.4 Å². The first-order chi connectivity index (χ1) is 13.4. The Labute approximate surface area is 164 Å². The minimum atomic E-state index is -0.907. The van der Waals surface area contributed by atoms with Gasteiger partial charge >= 0.3 is 5.97 Å². The van der Waals surface area contributed by atoms with Gasteiger partial charge in [-0.3, -0.25) is 14.4 Å². The number of hydrogen-bond acceptors (Lipinski definition) is 3. The van der Waals surface area contributed by atoms with E-state index in [1.165, 1.54) is 4.90 Å². The van der Waals surface area contributed by atoms with E-state index >= 15 is 0 Å². The summed E-state index contributed by atoms with van der Waals surface area (Å²) in [5.41, 5.74) is 0.690. The van der Waals surface area contributed by atoms with E-state index in [0.717, 1.165) is 10.8 Å². The van der Waals surface area contributed by atoms with Crippen molar-refractivity contribution in [3.05, 3.63) is 48.0 Å². The Balaban J connectivity index is 1.62. The van der Waals surface area contributed by atoms with Crippen LogP contribution in [0.2, 0.25) is 0 Å². The first-order valence-electron chi connectivity index (χ1n) is 9.63. The molecule has 28 heavy (non-hydrogen) atoms. The van der Waals surface area contributed by atoms with Gasteiger partial charge in [0.05, 0.1) is 5.92 Å². The molecule has 2 amide bonds. The zero-order valence-electron chi connectivity index (χ0n) is 16.3. The Hall–Kier alpha value is -2.89. The Kier molecular flexibility index (Phi) is 5.97. The smallest absolute Gasteiger partial charge is 0.308 e. The van der Waals surface area contributed by atoms with Crippen molar-refractivity contribution in [3.8, 4) is 0 Å². The van der Waals surface area contributed by atoms with E-state index in [-0.39, 0.29) is 24.3 Å². The summed E-state index contributed by atoms with van der Waals surface area (Å²) in [5.74, 6) is -1.71. The summed E-state index contributed by atoms with van der Waals surface area (Å²) in [6.07, 6.45) is 1.20. The Morgan fingerprint density at radius 2 is 1.75 bits per heavy atom. The van der Waals surface area contributed by atoms with Gasteiger partial charge < -0.3 is 14.9 Å². The van der Waals surface area contributed by atoms with Crippen molar-refractivity contribution in [3.63, 3.8) is 0 Å². The molecule has 148 valence electrons. The highest BCUT2D eigenvalue weighted by Gasteiger charge is 2.30. The van der Waals surface area contributed by atoms with Gasteiger partial charge in [-0.15, -0.1) is 0 Å². The fourth-order valence-electron chi connectivity index (χ4n) is 3.80. The minimum absolute atomic E-state index is 0.00412. The molecule has 1 aliphatic heterocycles. The third-order valence-corrected chi connectivity index (χ3v) is 5.50. The number of fused-ring (bicyclic) bond motifs is 1. The van der Waals surface area contributed by atoms with E-state index < -0.39 is 11.9 Å². The van der Waals surface area contributed by atoms with E-state index in [2.05, 4.69) is 0 Å². The van der Waals surface area contributed by atoms with E-state index in [4.69, 9.17) is 5.11 Å². The van der Waals surface area contributed by atoms with Gasteiger partial charge in [-0.2, -0.15) is 0 Å². The molecule has 0 aliphatic carbocycles. The van der Waals surface area contributed by atoms with Gasteiger partial charge in [-0.25, -0.2) is 0 Å². The van der Waals surface area contributed by atoms with Crippen LogP contribution in [0.1, 0.15) is 30.1 Å². The summed E-state index contributed by atoms with van der Waals surface area (Å²) in [6.45, 7) is 2.85. The Bertz CT molecular complexity index is 882. The lowest BCUT2D eigenvalue weighted by molar-refractivity contribution is -0.143. The third-order valence-electron chi connectivity index (χ3n) is 5.50. The first kappa shape index (κ1) is 19.9. The van der Waals surface area contributed by atoms with Crippen LogP contribution in [-0.2, 0) is 9.59 Å². The van der Waals surface area contributed by atoms with Crippen molar-refractivity contribution in [1.82, 2.24) is 9.80 Å². The van der Waals surface area contributed by atoms with E-state index in [1.54, 1.807) is 14.0 Å². The number of piperidine rings is 1. The van der Waals surface area contributed by atoms with E-state index in [0.29, 0.717) is 31.5 Å². The van der Waals surface area contributed by atoms with Gasteiger partial charge in [-0.05, 0) is 29.7 Å². The number of benzene rings is 2. The van der Waals surface area contributed by atoms with Crippen molar-refractivity contribution >= 4 is 28.6 Å². The monoisotopic (exact) mass is 382 g/mol. The predicted octanol–water partition coefficient (Wildman–Crippen LogP) is 2.87. The maximum Gasteiger partial charge on any atom is 0.308 e. The maximum atomic E-state index is 13.0. The highest BCUT2D eigenvalue weighted by atomic mass is 16.4. The number of nitrogens with zero attached hydrogens (tertiary/aromatic N) is 2. The standard InChI is InChI=1S/C22H26N2O4/c1-15(22(27)28)14-23(2)20(25)17-10-12-24(13-11-17)21(26)19-9-5-7-16-6-3-4-8-18(16)19/h3-9,15,17H,10-14H2,1-2H3,(H,27,28). The molecular formula is C22H26N2O4.